The van der Waals surface area contributed by atoms with Crippen LogP contribution in [0.3, 0.4) is 0 Å². The molecule has 0 bridgehead atoms. The van der Waals surface area contributed by atoms with Crippen molar-refractivity contribution in [1.29, 1.82) is 0 Å². The van der Waals surface area contributed by atoms with Crippen molar-refractivity contribution in [2.75, 3.05) is 5.32 Å². The molecule has 0 atom stereocenters. The fraction of sp³-hybridized carbons (Fsp3) is 0. The molecule has 0 unspecified atom stereocenters. The highest BCUT2D eigenvalue weighted by molar-refractivity contribution is 14.1. The molecule has 1 aromatic carbocycles. The van der Waals surface area contributed by atoms with Gasteiger partial charge in [0.2, 0.25) is 5.95 Å². The summed E-state index contributed by atoms with van der Waals surface area (Å²) in [5.41, 5.74) is 1.41. The summed E-state index contributed by atoms with van der Waals surface area (Å²) in [6.07, 6.45) is 3.36. The van der Waals surface area contributed by atoms with Crippen LogP contribution < -0.4 is 10.6 Å². The molecule has 6 nitrogen and oxygen atoms in total. The van der Waals surface area contributed by atoms with Crippen molar-refractivity contribution >= 4 is 46.0 Å². The maximum atomic E-state index is 11.5. The van der Waals surface area contributed by atoms with Gasteiger partial charge in [-0.3, -0.25) is 14.9 Å². The van der Waals surface area contributed by atoms with Gasteiger partial charge < -0.3 is 5.32 Å². The number of aromatic nitrogens is 2. The highest BCUT2D eigenvalue weighted by atomic mass is 127. The first-order valence-corrected chi connectivity index (χ1v) is 6.45. The van der Waals surface area contributed by atoms with Crippen LogP contribution in [0.15, 0.2) is 30.6 Å². The van der Waals surface area contributed by atoms with E-state index >= 15 is 0 Å². The molecular weight excluding hydrogens is 359 g/mol. The number of hydrogen-bond acceptors (Lipinski definition) is 5. The standard InChI is InChI=1S/C12H7IN4O2/c13-6-4-14-12(15-5-6)16-7-1-2-8-9(3-7)11(19)17-10(8)18/h1-5H,(H,14,15,16)(H,17,18,19). The Morgan fingerprint density at radius 3 is 2.47 bits per heavy atom. The van der Waals surface area contributed by atoms with E-state index in [9.17, 15) is 9.59 Å². The third-order valence-corrected chi connectivity index (χ3v) is 3.17. The molecule has 1 aliphatic rings. The first-order valence-electron chi connectivity index (χ1n) is 5.38. The number of rotatable bonds is 2. The van der Waals surface area contributed by atoms with Gasteiger partial charge in [0.05, 0.1) is 11.1 Å². The third kappa shape index (κ3) is 2.28. The minimum Gasteiger partial charge on any atom is -0.324 e. The number of hydrogen-bond donors (Lipinski definition) is 2. The number of nitrogens with one attached hydrogen (secondary N) is 2. The number of anilines is 2. The molecule has 3 rings (SSSR count). The molecule has 0 aliphatic carbocycles. The Kier molecular flexibility index (Phi) is 2.90. The van der Waals surface area contributed by atoms with E-state index in [-0.39, 0.29) is 11.8 Å². The summed E-state index contributed by atoms with van der Waals surface area (Å²) in [6, 6.07) is 4.92. The second-order valence-corrected chi connectivity index (χ2v) is 5.14. The van der Waals surface area contributed by atoms with Gasteiger partial charge in [0.25, 0.3) is 11.8 Å². The number of nitrogens with zero attached hydrogens (tertiary/aromatic N) is 2. The lowest BCUT2D eigenvalue weighted by molar-refractivity contribution is 0.0879. The lowest BCUT2D eigenvalue weighted by atomic mass is 10.1. The maximum absolute atomic E-state index is 11.5. The number of benzene rings is 1. The van der Waals surface area contributed by atoms with E-state index in [1.165, 1.54) is 0 Å². The van der Waals surface area contributed by atoms with E-state index in [0.29, 0.717) is 22.8 Å². The molecule has 2 aromatic rings. The van der Waals surface area contributed by atoms with Crippen LogP contribution in [0, 0.1) is 3.57 Å². The first-order chi connectivity index (χ1) is 9.13. The Labute approximate surface area is 121 Å². The second kappa shape index (κ2) is 4.57. The van der Waals surface area contributed by atoms with Crippen molar-refractivity contribution in [3.05, 3.63) is 45.3 Å². The van der Waals surface area contributed by atoms with Gasteiger partial charge in [0, 0.05) is 21.7 Å². The molecule has 0 radical (unpaired) electrons. The molecule has 94 valence electrons. The van der Waals surface area contributed by atoms with Crippen molar-refractivity contribution in [3.63, 3.8) is 0 Å². The summed E-state index contributed by atoms with van der Waals surface area (Å²) >= 11 is 2.11. The monoisotopic (exact) mass is 366 g/mol. The highest BCUT2D eigenvalue weighted by Crippen LogP contribution is 2.21. The molecule has 1 aromatic heterocycles. The number of fused-ring (bicyclic) bond motifs is 1. The molecule has 0 saturated carbocycles. The van der Waals surface area contributed by atoms with Crippen molar-refractivity contribution in [3.8, 4) is 0 Å². The molecule has 19 heavy (non-hydrogen) atoms. The molecular formula is C12H7IN4O2. The summed E-state index contributed by atoms with van der Waals surface area (Å²) in [4.78, 5) is 31.1. The largest absolute Gasteiger partial charge is 0.324 e. The van der Waals surface area contributed by atoms with E-state index in [2.05, 4.69) is 43.2 Å². The average molecular weight is 366 g/mol. The molecule has 0 spiro atoms. The Bertz CT molecular complexity index is 685. The molecule has 7 heteroatoms. The van der Waals surface area contributed by atoms with Gasteiger partial charge in [-0.05, 0) is 40.8 Å². The topological polar surface area (TPSA) is 84.0 Å². The van der Waals surface area contributed by atoms with Gasteiger partial charge in [0.1, 0.15) is 0 Å². The van der Waals surface area contributed by atoms with Crippen LogP contribution in [-0.4, -0.2) is 21.8 Å². The molecule has 2 amide bonds. The summed E-state index contributed by atoms with van der Waals surface area (Å²) in [5, 5.41) is 5.22. The Balaban J connectivity index is 1.91. The molecule has 0 saturated heterocycles. The van der Waals surface area contributed by atoms with Crippen LogP contribution in [0.1, 0.15) is 20.7 Å². The van der Waals surface area contributed by atoms with Crippen LogP contribution in [0.25, 0.3) is 0 Å². The fourth-order valence-electron chi connectivity index (χ4n) is 1.75. The smallest absolute Gasteiger partial charge is 0.259 e. The minimum absolute atomic E-state index is 0.362. The lowest BCUT2D eigenvalue weighted by Gasteiger charge is -2.05. The summed E-state index contributed by atoms with van der Waals surface area (Å²) < 4.78 is 0.932. The zero-order valence-corrected chi connectivity index (χ0v) is 11.6. The highest BCUT2D eigenvalue weighted by Gasteiger charge is 2.26. The van der Waals surface area contributed by atoms with Gasteiger partial charge >= 0.3 is 0 Å². The quantitative estimate of drug-likeness (QED) is 0.625. The van der Waals surface area contributed by atoms with Crippen LogP contribution in [0.2, 0.25) is 0 Å². The van der Waals surface area contributed by atoms with Gasteiger partial charge in [-0.2, -0.15) is 0 Å². The lowest BCUT2D eigenvalue weighted by Crippen LogP contribution is -2.19. The van der Waals surface area contributed by atoms with Crippen molar-refractivity contribution in [2.24, 2.45) is 0 Å². The normalized spacial score (nSPS) is 13.1. The maximum Gasteiger partial charge on any atom is 0.259 e. The number of carbonyl (C=O) groups is 2. The van der Waals surface area contributed by atoms with Crippen LogP contribution >= 0.6 is 22.6 Å². The zero-order chi connectivity index (χ0) is 13.4. The molecule has 1 aliphatic heterocycles. The second-order valence-electron chi connectivity index (χ2n) is 3.89. The molecule has 2 N–H and O–H groups in total. The van der Waals surface area contributed by atoms with Crippen LogP contribution in [-0.2, 0) is 0 Å². The van der Waals surface area contributed by atoms with E-state index in [1.54, 1.807) is 30.6 Å². The summed E-state index contributed by atoms with van der Waals surface area (Å²) in [6.45, 7) is 0. The molecule has 2 heterocycles. The SMILES string of the molecule is O=C1NC(=O)c2cc(Nc3ncc(I)cn3)ccc21. The van der Waals surface area contributed by atoms with Gasteiger partial charge in [-0.25, -0.2) is 9.97 Å². The van der Waals surface area contributed by atoms with Crippen molar-refractivity contribution < 1.29 is 9.59 Å². The van der Waals surface area contributed by atoms with Gasteiger partial charge in [-0.15, -0.1) is 0 Å². The van der Waals surface area contributed by atoms with Gasteiger partial charge in [0.15, 0.2) is 0 Å². The number of amides is 2. The number of halogens is 1. The Morgan fingerprint density at radius 2 is 1.74 bits per heavy atom. The van der Waals surface area contributed by atoms with Gasteiger partial charge in [-0.1, -0.05) is 0 Å². The minimum atomic E-state index is -0.382. The molecule has 0 fully saturated rings. The van der Waals surface area contributed by atoms with Crippen molar-refractivity contribution in [2.45, 2.75) is 0 Å². The summed E-state index contributed by atoms with van der Waals surface area (Å²) in [7, 11) is 0. The van der Waals surface area contributed by atoms with E-state index < -0.39 is 0 Å². The Hall–Kier alpha value is -2.03. The number of carbonyl (C=O) groups excluding carboxylic acids is 2. The van der Waals surface area contributed by atoms with E-state index in [4.69, 9.17) is 0 Å². The predicted octanol–water partition coefficient (Wildman–Crippen LogP) is 1.71. The zero-order valence-electron chi connectivity index (χ0n) is 9.48. The predicted molar refractivity (Wildman–Crippen MR) is 76.3 cm³/mol. The summed E-state index contributed by atoms with van der Waals surface area (Å²) in [5.74, 6) is -0.311. The van der Waals surface area contributed by atoms with Crippen LogP contribution in [0.5, 0.6) is 0 Å². The fourth-order valence-corrected chi connectivity index (χ4v) is 2.03. The van der Waals surface area contributed by atoms with E-state index in [0.717, 1.165) is 3.57 Å². The number of imide groups is 1. The first kappa shape index (κ1) is 12.0. The Morgan fingerprint density at radius 1 is 1.05 bits per heavy atom. The van der Waals surface area contributed by atoms with Crippen LogP contribution in [0.4, 0.5) is 11.6 Å². The average Bonchev–Trinajstić information content (AvgIpc) is 2.68. The third-order valence-electron chi connectivity index (χ3n) is 2.61. The van der Waals surface area contributed by atoms with E-state index in [1.807, 2.05) is 0 Å². The van der Waals surface area contributed by atoms with Crippen molar-refractivity contribution in [1.82, 2.24) is 15.3 Å².